The molecule has 0 unspecified atom stereocenters. The van der Waals surface area contributed by atoms with Crippen LogP contribution in [-0.2, 0) is 4.74 Å². The van der Waals surface area contributed by atoms with E-state index in [1.165, 1.54) is 0 Å². The first-order valence-electron chi connectivity index (χ1n) is 10.1. The Bertz CT molecular complexity index is 982. The quantitative estimate of drug-likeness (QED) is 0.263. The van der Waals surface area contributed by atoms with Crippen molar-refractivity contribution in [3.05, 3.63) is 90.0 Å². The Balaban J connectivity index is 1.56. The van der Waals surface area contributed by atoms with Crippen molar-refractivity contribution >= 4 is 11.9 Å². The highest BCUT2D eigenvalue weighted by atomic mass is 16.5. The van der Waals surface area contributed by atoms with Crippen LogP contribution in [0.1, 0.15) is 34.1 Å². The van der Waals surface area contributed by atoms with Crippen LogP contribution in [0.4, 0.5) is 0 Å². The number of benzene rings is 3. The molecule has 0 aliphatic heterocycles. The summed E-state index contributed by atoms with van der Waals surface area (Å²) in [5.41, 5.74) is 0.698. The van der Waals surface area contributed by atoms with Crippen molar-refractivity contribution in [3.8, 4) is 17.2 Å². The van der Waals surface area contributed by atoms with Crippen molar-refractivity contribution in [2.75, 3.05) is 19.8 Å². The summed E-state index contributed by atoms with van der Waals surface area (Å²) in [6.45, 7) is 2.90. The maximum Gasteiger partial charge on any atom is 0.347 e. The van der Waals surface area contributed by atoms with Crippen LogP contribution in [0.15, 0.2) is 78.9 Å². The molecule has 0 N–H and O–H groups in total. The molecule has 160 valence electrons. The van der Waals surface area contributed by atoms with Gasteiger partial charge in [0.15, 0.2) is 0 Å². The average molecular weight is 420 g/mol. The molecular formula is C25H24O6. The molecule has 0 saturated carbocycles. The molecule has 0 atom stereocenters. The van der Waals surface area contributed by atoms with E-state index in [4.69, 9.17) is 18.9 Å². The summed E-state index contributed by atoms with van der Waals surface area (Å²) in [6, 6.07) is 22.5. The molecule has 6 nitrogen and oxygen atoms in total. The molecule has 0 radical (unpaired) electrons. The van der Waals surface area contributed by atoms with Gasteiger partial charge in [0.2, 0.25) is 0 Å². The third kappa shape index (κ3) is 6.60. The molecule has 0 heterocycles. The molecule has 0 aliphatic rings. The molecule has 3 rings (SSSR count). The summed E-state index contributed by atoms with van der Waals surface area (Å²) < 4.78 is 21.8. The van der Waals surface area contributed by atoms with Gasteiger partial charge in [-0.2, -0.15) is 0 Å². The van der Waals surface area contributed by atoms with Gasteiger partial charge in [0.1, 0.15) is 36.0 Å². The maximum absolute atomic E-state index is 12.6. The van der Waals surface area contributed by atoms with Gasteiger partial charge in [-0.1, -0.05) is 37.3 Å². The standard InChI is InChI=1S/C25H24O6/c1-2-16-30-24(26)19-12-14-21(15-13-19)31-25(27)22-10-6-7-11-23(22)29-18-17-28-20-8-4-3-5-9-20/h3-15H,2,16-18H2,1H3. The number of esters is 2. The zero-order valence-electron chi connectivity index (χ0n) is 17.3. The van der Waals surface area contributed by atoms with Crippen LogP contribution in [0.3, 0.4) is 0 Å². The second-order valence-corrected chi connectivity index (χ2v) is 6.56. The van der Waals surface area contributed by atoms with Gasteiger partial charge in [-0.05, 0) is 55.0 Å². The minimum absolute atomic E-state index is 0.272. The number of rotatable bonds is 10. The molecule has 31 heavy (non-hydrogen) atoms. The molecule has 0 bridgehead atoms. The Morgan fingerprint density at radius 1 is 0.677 bits per heavy atom. The van der Waals surface area contributed by atoms with Gasteiger partial charge in [0.05, 0.1) is 12.2 Å². The second-order valence-electron chi connectivity index (χ2n) is 6.56. The lowest BCUT2D eigenvalue weighted by molar-refractivity contribution is 0.0505. The summed E-state index contributed by atoms with van der Waals surface area (Å²) in [5.74, 6) is 0.515. The van der Waals surface area contributed by atoms with E-state index in [0.717, 1.165) is 12.2 Å². The summed E-state index contributed by atoms with van der Waals surface area (Å²) >= 11 is 0. The third-order valence-corrected chi connectivity index (χ3v) is 4.20. The van der Waals surface area contributed by atoms with Crippen LogP contribution in [-0.4, -0.2) is 31.8 Å². The lowest BCUT2D eigenvalue weighted by Gasteiger charge is -2.12. The van der Waals surface area contributed by atoms with Crippen molar-refractivity contribution < 1.29 is 28.5 Å². The Labute approximate surface area is 181 Å². The van der Waals surface area contributed by atoms with Crippen LogP contribution in [0, 0.1) is 0 Å². The first kappa shape index (κ1) is 21.9. The molecule has 0 fully saturated rings. The van der Waals surface area contributed by atoms with E-state index < -0.39 is 11.9 Å². The molecular weight excluding hydrogens is 396 g/mol. The monoisotopic (exact) mass is 420 g/mol. The van der Waals surface area contributed by atoms with E-state index in [9.17, 15) is 9.59 Å². The molecule has 0 aromatic heterocycles. The van der Waals surface area contributed by atoms with Crippen LogP contribution in [0.2, 0.25) is 0 Å². The molecule has 3 aromatic carbocycles. The molecule has 0 amide bonds. The topological polar surface area (TPSA) is 71.1 Å². The smallest absolute Gasteiger partial charge is 0.347 e. The number of carbonyl (C=O) groups excluding carboxylic acids is 2. The number of hydrogen-bond acceptors (Lipinski definition) is 6. The van der Waals surface area contributed by atoms with Crippen molar-refractivity contribution in [2.45, 2.75) is 13.3 Å². The van der Waals surface area contributed by atoms with Gasteiger partial charge < -0.3 is 18.9 Å². The molecule has 0 saturated heterocycles. The maximum atomic E-state index is 12.6. The van der Waals surface area contributed by atoms with Crippen molar-refractivity contribution in [2.24, 2.45) is 0 Å². The van der Waals surface area contributed by atoms with E-state index in [0.29, 0.717) is 35.8 Å². The van der Waals surface area contributed by atoms with Crippen molar-refractivity contribution in [1.29, 1.82) is 0 Å². The Hall–Kier alpha value is -3.80. The molecule has 6 heteroatoms. The number of ether oxygens (including phenoxy) is 4. The number of carbonyl (C=O) groups is 2. The van der Waals surface area contributed by atoms with E-state index in [1.54, 1.807) is 48.5 Å². The average Bonchev–Trinajstić information content (AvgIpc) is 2.81. The summed E-state index contributed by atoms with van der Waals surface area (Å²) in [5, 5.41) is 0. The molecule has 0 aliphatic carbocycles. The van der Waals surface area contributed by atoms with Gasteiger partial charge >= 0.3 is 11.9 Å². The van der Waals surface area contributed by atoms with E-state index in [-0.39, 0.29) is 6.61 Å². The van der Waals surface area contributed by atoms with Gasteiger partial charge in [-0.3, -0.25) is 0 Å². The molecule has 0 spiro atoms. The fourth-order valence-corrected chi connectivity index (χ4v) is 2.69. The second kappa shape index (κ2) is 11.4. The third-order valence-electron chi connectivity index (χ3n) is 4.20. The van der Waals surface area contributed by atoms with Gasteiger partial charge in [-0.15, -0.1) is 0 Å². The Morgan fingerprint density at radius 2 is 1.35 bits per heavy atom. The number of hydrogen-bond donors (Lipinski definition) is 0. The van der Waals surface area contributed by atoms with Crippen LogP contribution in [0.5, 0.6) is 17.2 Å². The van der Waals surface area contributed by atoms with Crippen LogP contribution < -0.4 is 14.2 Å². The Morgan fingerprint density at radius 3 is 2.10 bits per heavy atom. The SMILES string of the molecule is CCCOC(=O)c1ccc(OC(=O)c2ccccc2OCCOc2ccccc2)cc1. The van der Waals surface area contributed by atoms with Gasteiger partial charge in [0, 0.05) is 0 Å². The van der Waals surface area contributed by atoms with Crippen molar-refractivity contribution in [3.63, 3.8) is 0 Å². The highest BCUT2D eigenvalue weighted by Crippen LogP contribution is 2.21. The van der Waals surface area contributed by atoms with Crippen molar-refractivity contribution in [1.82, 2.24) is 0 Å². The lowest BCUT2D eigenvalue weighted by atomic mass is 10.2. The first-order valence-corrected chi connectivity index (χ1v) is 10.1. The fraction of sp³-hybridized carbons (Fsp3) is 0.200. The zero-order valence-corrected chi connectivity index (χ0v) is 17.3. The largest absolute Gasteiger partial charge is 0.490 e. The lowest BCUT2D eigenvalue weighted by Crippen LogP contribution is -2.14. The van der Waals surface area contributed by atoms with Gasteiger partial charge in [-0.25, -0.2) is 9.59 Å². The number of para-hydroxylation sites is 2. The predicted octanol–water partition coefficient (Wildman–Crippen LogP) is 4.93. The van der Waals surface area contributed by atoms with Crippen LogP contribution >= 0.6 is 0 Å². The normalized spacial score (nSPS) is 10.2. The van der Waals surface area contributed by atoms with Gasteiger partial charge in [0.25, 0.3) is 0 Å². The van der Waals surface area contributed by atoms with E-state index in [2.05, 4.69) is 0 Å². The molecule has 3 aromatic rings. The Kier molecular flexibility index (Phi) is 8.05. The highest BCUT2D eigenvalue weighted by molar-refractivity contribution is 5.94. The minimum atomic E-state index is -0.555. The highest BCUT2D eigenvalue weighted by Gasteiger charge is 2.15. The van der Waals surface area contributed by atoms with Crippen LogP contribution in [0.25, 0.3) is 0 Å². The van der Waals surface area contributed by atoms with E-state index in [1.807, 2.05) is 37.3 Å². The first-order chi connectivity index (χ1) is 15.2. The van der Waals surface area contributed by atoms with E-state index >= 15 is 0 Å². The summed E-state index contributed by atoms with van der Waals surface area (Å²) in [4.78, 5) is 24.5. The predicted molar refractivity (Wildman–Crippen MR) is 116 cm³/mol. The fourth-order valence-electron chi connectivity index (χ4n) is 2.69. The minimum Gasteiger partial charge on any atom is -0.490 e. The zero-order chi connectivity index (χ0) is 21.9. The summed E-state index contributed by atoms with van der Waals surface area (Å²) in [6.07, 6.45) is 0.751. The summed E-state index contributed by atoms with van der Waals surface area (Å²) in [7, 11) is 0.